The van der Waals surface area contributed by atoms with Crippen LogP contribution in [0.5, 0.6) is 5.75 Å². The van der Waals surface area contributed by atoms with E-state index in [1.54, 1.807) is 0 Å². The molecule has 18 heavy (non-hydrogen) atoms. The third kappa shape index (κ3) is 3.48. The van der Waals surface area contributed by atoms with Gasteiger partial charge in [-0.15, -0.1) is 0 Å². The molecular formula is C15H21BrO2. The maximum atomic E-state index is 10.1. The fourth-order valence-electron chi connectivity index (χ4n) is 2.48. The molecule has 0 amide bonds. The summed E-state index contributed by atoms with van der Waals surface area (Å²) in [4.78, 5) is 0. The molecule has 2 nitrogen and oxygen atoms in total. The van der Waals surface area contributed by atoms with Crippen molar-refractivity contribution < 1.29 is 9.84 Å². The van der Waals surface area contributed by atoms with Crippen molar-refractivity contribution in [2.24, 2.45) is 0 Å². The lowest BCUT2D eigenvalue weighted by Crippen LogP contribution is -2.11. The van der Waals surface area contributed by atoms with Gasteiger partial charge in [-0.3, -0.25) is 0 Å². The molecule has 1 aromatic rings. The number of rotatable bonds is 6. The largest absolute Gasteiger partial charge is 0.493 e. The summed E-state index contributed by atoms with van der Waals surface area (Å²) < 4.78 is 6.76. The van der Waals surface area contributed by atoms with E-state index in [4.69, 9.17) is 4.74 Å². The van der Waals surface area contributed by atoms with E-state index in [1.807, 2.05) is 0 Å². The van der Waals surface area contributed by atoms with Crippen LogP contribution in [0.2, 0.25) is 0 Å². The molecular weight excluding hydrogens is 292 g/mol. The van der Waals surface area contributed by atoms with Gasteiger partial charge in [-0.25, -0.2) is 0 Å². The minimum atomic E-state index is -0.251. The third-order valence-corrected chi connectivity index (χ3v) is 3.88. The van der Waals surface area contributed by atoms with E-state index < -0.39 is 0 Å². The first-order valence-electron chi connectivity index (χ1n) is 6.83. The van der Waals surface area contributed by atoms with Crippen LogP contribution < -0.4 is 4.74 Å². The summed E-state index contributed by atoms with van der Waals surface area (Å²) in [5.74, 6) is 1.01. The lowest BCUT2D eigenvalue weighted by atomic mass is 10.00. The van der Waals surface area contributed by atoms with Crippen LogP contribution in [0, 0.1) is 0 Å². The van der Waals surface area contributed by atoms with Crippen LogP contribution in [-0.4, -0.2) is 17.8 Å². The van der Waals surface area contributed by atoms with Crippen LogP contribution in [-0.2, 0) is 12.8 Å². The Hall–Kier alpha value is -0.540. The average molecular weight is 313 g/mol. The van der Waals surface area contributed by atoms with Crippen LogP contribution in [0.1, 0.15) is 43.7 Å². The Kier molecular flexibility index (Phi) is 5.07. The maximum Gasteiger partial charge on any atom is 0.125 e. The van der Waals surface area contributed by atoms with Crippen molar-refractivity contribution >= 4 is 15.9 Å². The van der Waals surface area contributed by atoms with Gasteiger partial charge in [0.1, 0.15) is 5.75 Å². The molecule has 1 N–H and O–H groups in total. The second kappa shape index (κ2) is 6.58. The van der Waals surface area contributed by atoms with E-state index in [0.717, 1.165) is 41.7 Å². The Morgan fingerprint density at radius 1 is 1.39 bits per heavy atom. The van der Waals surface area contributed by atoms with E-state index in [9.17, 15) is 5.11 Å². The van der Waals surface area contributed by atoms with Gasteiger partial charge in [0, 0.05) is 17.3 Å². The van der Waals surface area contributed by atoms with E-state index in [-0.39, 0.29) is 6.10 Å². The standard InChI is InChI=1S/C15H21BrO2/c1-2-3-4-5-14(17)10-12-9-13(16)8-11-6-7-18-15(11)12/h8-9,14,17H,2-7,10H2,1H3. The van der Waals surface area contributed by atoms with Crippen molar-refractivity contribution in [3.05, 3.63) is 27.7 Å². The Balaban J connectivity index is 2.00. The van der Waals surface area contributed by atoms with Crippen molar-refractivity contribution in [2.75, 3.05) is 6.61 Å². The quantitative estimate of drug-likeness (QED) is 0.808. The molecule has 0 spiro atoms. The van der Waals surface area contributed by atoms with Crippen LogP contribution in [0.25, 0.3) is 0 Å². The summed E-state index contributed by atoms with van der Waals surface area (Å²) in [7, 11) is 0. The number of aliphatic hydroxyl groups excluding tert-OH is 1. The number of unbranched alkanes of at least 4 members (excludes halogenated alkanes) is 2. The molecule has 0 saturated carbocycles. The minimum absolute atomic E-state index is 0.251. The molecule has 1 heterocycles. The SMILES string of the molecule is CCCCCC(O)Cc1cc(Br)cc2c1OCC2. The van der Waals surface area contributed by atoms with E-state index in [1.165, 1.54) is 18.4 Å². The molecule has 1 aliphatic rings. The second-order valence-electron chi connectivity index (χ2n) is 5.01. The summed E-state index contributed by atoms with van der Waals surface area (Å²) >= 11 is 3.53. The van der Waals surface area contributed by atoms with Crippen LogP contribution in [0.15, 0.2) is 16.6 Å². The molecule has 3 heteroatoms. The van der Waals surface area contributed by atoms with Crippen LogP contribution in [0.3, 0.4) is 0 Å². The first-order valence-corrected chi connectivity index (χ1v) is 7.62. The molecule has 1 aliphatic heterocycles. The smallest absolute Gasteiger partial charge is 0.125 e. The van der Waals surface area contributed by atoms with E-state index in [2.05, 4.69) is 35.0 Å². The van der Waals surface area contributed by atoms with Crippen molar-refractivity contribution in [2.45, 2.75) is 51.6 Å². The van der Waals surface area contributed by atoms with Crippen molar-refractivity contribution in [1.82, 2.24) is 0 Å². The number of hydrogen-bond donors (Lipinski definition) is 1. The molecule has 0 aromatic heterocycles. The van der Waals surface area contributed by atoms with E-state index in [0.29, 0.717) is 6.42 Å². The molecule has 0 bridgehead atoms. The molecule has 1 atom stereocenters. The van der Waals surface area contributed by atoms with Gasteiger partial charge in [0.25, 0.3) is 0 Å². The zero-order valence-corrected chi connectivity index (χ0v) is 12.5. The Morgan fingerprint density at radius 3 is 3.00 bits per heavy atom. The lowest BCUT2D eigenvalue weighted by molar-refractivity contribution is 0.160. The Labute approximate surface area is 117 Å². The first kappa shape index (κ1) is 13.9. The van der Waals surface area contributed by atoms with Gasteiger partial charge in [-0.2, -0.15) is 0 Å². The number of aliphatic hydroxyl groups is 1. The normalized spacial score (nSPS) is 15.3. The average Bonchev–Trinajstić information content (AvgIpc) is 2.77. The predicted octanol–water partition coefficient (Wildman–Crippen LogP) is 3.87. The van der Waals surface area contributed by atoms with Gasteiger partial charge in [0.05, 0.1) is 12.7 Å². The summed E-state index contributed by atoms with van der Waals surface area (Å²) in [6.45, 7) is 2.95. The third-order valence-electron chi connectivity index (χ3n) is 3.42. The number of fused-ring (bicyclic) bond motifs is 1. The maximum absolute atomic E-state index is 10.1. The first-order chi connectivity index (χ1) is 8.70. The van der Waals surface area contributed by atoms with Crippen molar-refractivity contribution in [3.63, 3.8) is 0 Å². The monoisotopic (exact) mass is 312 g/mol. The molecule has 0 saturated heterocycles. The highest BCUT2D eigenvalue weighted by Crippen LogP contribution is 2.34. The highest BCUT2D eigenvalue weighted by Gasteiger charge is 2.19. The molecule has 0 aliphatic carbocycles. The molecule has 1 unspecified atom stereocenters. The van der Waals surface area contributed by atoms with Crippen molar-refractivity contribution in [3.8, 4) is 5.75 Å². The lowest BCUT2D eigenvalue weighted by Gasteiger charge is -2.13. The second-order valence-corrected chi connectivity index (χ2v) is 5.92. The predicted molar refractivity (Wildman–Crippen MR) is 77.2 cm³/mol. The molecule has 1 aromatic carbocycles. The topological polar surface area (TPSA) is 29.5 Å². The number of ether oxygens (including phenoxy) is 1. The number of hydrogen-bond acceptors (Lipinski definition) is 2. The van der Waals surface area contributed by atoms with Crippen LogP contribution in [0.4, 0.5) is 0 Å². The Morgan fingerprint density at radius 2 is 2.22 bits per heavy atom. The fraction of sp³-hybridized carbons (Fsp3) is 0.600. The number of benzene rings is 1. The van der Waals surface area contributed by atoms with E-state index >= 15 is 0 Å². The van der Waals surface area contributed by atoms with Gasteiger partial charge in [0.15, 0.2) is 0 Å². The summed E-state index contributed by atoms with van der Waals surface area (Å²) in [6, 6.07) is 4.20. The fourth-order valence-corrected chi connectivity index (χ4v) is 3.04. The molecule has 0 fully saturated rings. The van der Waals surface area contributed by atoms with Crippen LogP contribution >= 0.6 is 15.9 Å². The van der Waals surface area contributed by atoms with Crippen molar-refractivity contribution in [1.29, 1.82) is 0 Å². The zero-order valence-electron chi connectivity index (χ0n) is 10.9. The molecule has 0 radical (unpaired) electrons. The molecule has 2 rings (SSSR count). The summed E-state index contributed by atoms with van der Waals surface area (Å²) in [5.41, 5.74) is 2.40. The zero-order chi connectivity index (χ0) is 13.0. The Bertz CT molecular complexity index is 404. The van der Waals surface area contributed by atoms with Gasteiger partial charge in [0.2, 0.25) is 0 Å². The van der Waals surface area contributed by atoms with Gasteiger partial charge >= 0.3 is 0 Å². The summed E-state index contributed by atoms with van der Waals surface area (Å²) in [6.07, 6.45) is 5.81. The molecule has 100 valence electrons. The minimum Gasteiger partial charge on any atom is -0.493 e. The summed E-state index contributed by atoms with van der Waals surface area (Å²) in [5, 5.41) is 10.1. The number of halogens is 1. The van der Waals surface area contributed by atoms with Gasteiger partial charge < -0.3 is 9.84 Å². The highest BCUT2D eigenvalue weighted by molar-refractivity contribution is 9.10. The highest BCUT2D eigenvalue weighted by atomic mass is 79.9. The van der Waals surface area contributed by atoms with Gasteiger partial charge in [-0.1, -0.05) is 42.1 Å². The van der Waals surface area contributed by atoms with Gasteiger partial charge in [-0.05, 0) is 29.7 Å².